The fourth-order valence-electron chi connectivity index (χ4n) is 3.35. The number of fused-ring (bicyclic) bond motifs is 1. The molecule has 0 aromatic heterocycles. The molecule has 21 heavy (non-hydrogen) atoms. The van der Waals surface area contributed by atoms with Crippen molar-refractivity contribution < 1.29 is 9.47 Å². The van der Waals surface area contributed by atoms with Gasteiger partial charge in [-0.15, -0.1) is 0 Å². The van der Waals surface area contributed by atoms with Crippen LogP contribution in [0.3, 0.4) is 0 Å². The van der Waals surface area contributed by atoms with E-state index in [9.17, 15) is 0 Å². The van der Waals surface area contributed by atoms with E-state index in [4.69, 9.17) is 15.2 Å². The third-order valence-corrected chi connectivity index (χ3v) is 4.41. The van der Waals surface area contributed by atoms with Crippen LogP contribution in [0.25, 0.3) is 0 Å². The van der Waals surface area contributed by atoms with Crippen molar-refractivity contribution in [3.63, 3.8) is 0 Å². The number of hydrogen-bond acceptors (Lipinski definition) is 3. The van der Waals surface area contributed by atoms with E-state index in [1.54, 1.807) is 14.2 Å². The first kappa shape index (κ1) is 14.0. The Balaban J connectivity index is 2.01. The van der Waals surface area contributed by atoms with Crippen LogP contribution in [0.15, 0.2) is 42.5 Å². The molecule has 0 heterocycles. The van der Waals surface area contributed by atoms with Gasteiger partial charge < -0.3 is 15.2 Å². The molecule has 2 aromatic rings. The number of nitrogens with two attached hydrogens (primary N) is 1. The van der Waals surface area contributed by atoms with Crippen LogP contribution in [-0.2, 0) is 6.42 Å². The van der Waals surface area contributed by atoms with Crippen molar-refractivity contribution in [3.8, 4) is 11.5 Å². The van der Waals surface area contributed by atoms with Crippen LogP contribution in [-0.4, -0.2) is 14.2 Å². The highest BCUT2D eigenvalue weighted by Gasteiger charge is 2.30. The van der Waals surface area contributed by atoms with Crippen molar-refractivity contribution >= 4 is 0 Å². The normalized spacial score (nSPS) is 20.7. The Labute approximate surface area is 125 Å². The van der Waals surface area contributed by atoms with E-state index in [1.165, 1.54) is 16.7 Å². The maximum atomic E-state index is 6.54. The molecular formula is C18H21NO2. The van der Waals surface area contributed by atoms with Gasteiger partial charge in [-0.25, -0.2) is 0 Å². The molecule has 0 fully saturated rings. The predicted molar refractivity (Wildman–Crippen MR) is 84.0 cm³/mol. The predicted octanol–water partition coefficient (Wildman–Crippen LogP) is 3.43. The highest BCUT2D eigenvalue weighted by Crippen LogP contribution is 2.45. The third kappa shape index (κ3) is 2.38. The smallest absolute Gasteiger partial charge is 0.164 e. The summed E-state index contributed by atoms with van der Waals surface area (Å²) >= 11 is 0. The zero-order valence-corrected chi connectivity index (χ0v) is 12.5. The van der Waals surface area contributed by atoms with E-state index in [2.05, 4.69) is 30.3 Å². The lowest BCUT2D eigenvalue weighted by molar-refractivity contribution is 0.346. The van der Waals surface area contributed by atoms with E-state index in [0.717, 1.165) is 24.3 Å². The van der Waals surface area contributed by atoms with Crippen molar-refractivity contribution in [1.29, 1.82) is 0 Å². The Morgan fingerprint density at radius 2 is 1.76 bits per heavy atom. The lowest BCUT2D eigenvalue weighted by Crippen LogP contribution is -2.26. The monoisotopic (exact) mass is 283 g/mol. The van der Waals surface area contributed by atoms with Gasteiger partial charge in [-0.05, 0) is 30.0 Å². The van der Waals surface area contributed by atoms with Gasteiger partial charge in [0.15, 0.2) is 11.5 Å². The van der Waals surface area contributed by atoms with E-state index >= 15 is 0 Å². The van der Waals surface area contributed by atoms with Gasteiger partial charge in [-0.1, -0.05) is 36.4 Å². The summed E-state index contributed by atoms with van der Waals surface area (Å²) in [5.41, 5.74) is 10.2. The zero-order valence-electron chi connectivity index (χ0n) is 12.5. The quantitative estimate of drug-likeness (QED) is 0.938. The van der Waals surface area contributed by atoms with Crippen LogP contribution in [0.2, 0.25) is 0 Å². The highest BCUT2D eigenvalue weighted by atomic mass is 16.5. The minimum absolute atomic E-state index is 0.00374. The number of rotatable bonds is 3. The highest BCUT2D eigenvalue weighted by molar-refractivity contribution is 5.53. The molecule has 2 atom stereocenters. The average Bonchev–Trinajstić information content (AvgIpc) is 2.55. The molecule has 0 saturated heterocycles. The Bertz CT molecular complexity index is 625. The van der Waals surface area contributed by atoms with Crippen LogP contribution < -0.4 is 15.2 Å². The molecule has 0 amide bonds. The van der Waals surface area contributed by atoms with Gasteiger partial charge in [0.25, 0.3) is 0 Å². The topological polar surface area (TPSA) is 44.5 Å². The second kappa shape index (κ2) is 5.78. The molecule has 2 N–H and O–H groups in total. The zero-order chi connectivity index (χ0) is 14.8. The Hall–Kier alpha value is -2.00. The van der Waals surface area contributed by atoms with Gasteiger partial charge in [0.1, 0.15) is 0 Å². The van der Waals surface area contributed by atoms with Gasteiger partial charge in [0.05, 0.1) is 14.2 Å². The summed E-state index contributed by atoms with van der Waals surface area (Å²) in [6, 6.07) is 14.5. The van der Waals surface area contributed by atoms with E-state index in [0.29, 0.717) is 5.92 Å². The SMILES string of the molecule is COc1ccc2c(c1OC)CC[C@H](c1ccccc1)[C@@H]2N. The molecule has 3 rings (SSSR count). The molecule has 1 aliphatic rings. The number of methoxy groups -OCH3 is 2. The second-order valence-corrected chi connectivity index (χ2v) is 5.45. The lowest BCUT2D eigenvalue weighted by atomic mass is 9.76. The third-order valence-electron chi connectivity index (χ3n) is 4.41. The molecule has 0 aliphatic heterocycles. The van der Waals surface area contributed by atoms with Crippen molar-refractivity contribution in [2.75, 3.05) is 14.2 Å². The van der Waals surface area contributed by atoms with Crippen LogP contribution >= 0.6 is 0 Å². The van der Waals surface area contributed by atoms with Crippen molar-refractivity contribution in [3.05, 3.63) is 59.2 Å². The Morgan fingerprint density at radius 1 is 1.00 bits per heavy atom. The summed E-state index contributed by atoms with van der Waals surface area (Å²) in [5.74, 6) is 1.97. The summed E-state index contributed by atoms with van der Waals surface area (Å²) in [6.07, 6.45) is 1.99. The van der Waals surface area contributed by atoms with E-state index in [1.807, 2.05) is 12.1 Å². The molecule has 0 saturated carbocycles. The molecule has 110 valence electrons. The first-order valence-electron chi connectivity index (χ1n) is 7.30. The van der Waals surface area contributed by atoms with E-state index in [-0.39, 0.29) is 6.04 Å². The van der Waals surface area contributed by atoms with Gasteiger partial charge in [-0.2, -0.15) is 0 Å². The van der Waals surface area contributed by atoms with Crippen molar-refractivity contribution in [2.45, 2.75) is 24.8 Å². The molecule has 2 aromatic carbocycles. The second-order valence-electron chi connectivity index (χ2n) is 5.45. The Morgan fingerprint density at radius 3 is 2.43 bits per heavy atom. The van der Waals surface area contributed by atoms with Crippen LogP contribution in [0.4, 0.5) is 0 Å². The standard InChI is InChI=1S/C18H21NO2/c1-20-16-11-10-14-15(18(16)21-2)9-8-13(17(14)19)12-6-4-3-5-7-12/h3-7,10-11,13,17H,8-9,19H2,1-2H3/t13-,17+/m1/s1. The minimum Gasteiger partial charge on any atom is -0.493 e. The molecule has 3 heteroatoms. The number of hydrogen-bond donors (Lipinski definition) is 1. The lowest BCUT2D eigenvalue weighted by Gasteiger charge is -2.32. The van der Waals surface area contributed by atoms with Gasteiger partial charge in [-0.3, -0.25) is 0 Å². The number of benzene rings is 2. The molecule has 3 nitrogen and oxygen atoms in total. The van der Waals surface area contributed by atoms with Crippen LogP contribution in [0.5, 0.6) is 11.5 Å². The average molecular weight is 283 g/mol. The molecule has 0 spiro atoms. The van der Waals surface area contributed by atoms with Gasteiger partial charge >= 0.3 is 0 Å². The number of ether oxygens (including phenoxy) is 2. The van der Waals surface area contributed by atoms with Gasteiger partial charge in [0, 0.05) is 17.5 Å². The molecular weight excluding hydrogens is 262 g/mol. The first-order valence-corrected chi connectivity index (χ1v) is 7.30. The summed E-state index contributed by atoms with van der Waals surface area (Å²) in [7, 11) is 3.35. The van der Waals surface area contributed by atoms with Crippen LogP contribution in [0, 0.1) is 0 Å². The van der Waals surface area contributed by atoms with Crippen molar-refractivity contribution in [2.24, 2.45) is 5.73 Å². The summed E-state index contributed by atoms with van der Waals surface area (Å²) in [6.45, 7) is 0. The molecule has 0 unspecified atom stereocenters. The largest absolute Gasteiger partial charge is 0.493 e. The first-order chi connectivity index (χ1) is 10.3. The molecule has 1 aliphatic carbocycles. The fourth-order valence-corrected chi connectivity index (χ4v) is 3.35. The maximum Gasteiger partial charge on any atom is 0.164 e. The maximum absolute atomic E-state index is 6.54. The summed E-state index contributed by atoms with van der Waals surface area (Å²) in [5, 5.41) is 0. The van der Waals surface area contributed by atoms with E-state index < -0.39 is 0 Å². The minimum atomic E-state index is -0.00374. The summed E-state index contributed by atoms with van der Waals surface area (Å²) < 4.78 is 10.9. The molecule has 0 radical (unpaired) electrons. The van der Waals surface area contributed by atoms with Crippen molar-refractivity contribution in [1.82, 2.24) is 0 Å². The fraction of sp³-hybridized carbons (Fsp3) is 0.333. The molecule has 0 bridgehead atoms. The Kier molecular flexibility index (Phi) is 3.84. The van der Waals surface area contributed by atoms with Crippen LogP contribution in [0.1, 0.15) is 35.1 Å². The van der Waals surface area contributed by atoms with Gasteiger partial charge in [0.2, 0.25) is 0 Å². The summed E-state index contributed by atoms with van der Waals surface area (Å²) in [4.78, 5) is 0.